The zero-order chi connectivity index (χ0) is 12.3. The normalized spacial score (nSPS) is 11.0. The average molecular weight is 233 g/mol. The Bertz CT molecular complexity index is 517. The number of quaternary nitrogens is 1. The number of H-pyrrole nitrogens is 1. The Kier molecular flexibility index (Phi) is 3.44. The lowest BCUT2D eigenvalue weighted by molar-refractivity contribution is -0.858. The van der Waals surface area contributed by atoms with Crippen molar-refractivity contribution in [3.05, 3.63) is 36.0 Å². The molecule has 0 saturated heterocycles. The SMILES string of the molecule is C[NH+](C)CCOC(=O)c1c[nH]c2ccccc12. The van der Waals surface area contributed by atoms with Gasteiger partial charge in [0.05, 0.1) is 19.7 Å². The van der Waals surface area contributed by atoms with E-state index in [2.05, 4.69) is 4.98 Å². The highest BCUT2D eigenvalue weighted by atomic mass is 16.5. The van der Waals surface area contributed by atoms with Crippen LogP contribution in [-0.2, 0) is 4.74 Å². The molecule has 0 radical (unpaired) electrons. The number of carbonyl (C=O) groups is 1. The van der Waals surface area contributed by atoms with Crippen molar-refractivity contribution in [2.24, 2.45) is 0 Å². The molecule has 4 heteroatoms. The first kappa shape index (κ1) is 11.7. The maximum atomic E-state index is 11.8. The van der Waals surface area contributed by atoms with Gasteiger partial charge in [0.15, 0.2) is 0 Å². The fourth-order valence-corrected chi connectivity index (χ4v) is 1.67. The lowest BCUT2D eigenvalue weighted by Crippen LogP contribution is -3.06. The molecule has 0 aliphatic rings. The largest absolute Gasteiger partial charge is 0.456 e. The third kappa shape index (κ3) is 2.65. The van der Waals surface area contributed by atoms with Crippen LogP contribution in [-0.4, -0.2) is 38.2 Å². The number of para-hydroxylation sites is 1. The number of carbonyl (C=O) groups excluding carboxylic acids is 1. The van der Waals surface area contributed by atoms with E-state index in [4.69, 9.17) is 4.74 Å². The van der Waals surface area contributed by atoms with E-state index < -0.39 is 0 Å². The summed E-state index contributed by atoms with van der Waals surface area (Å²) in [6.45, 7) is 1.26. The Morgan fingerprint density at radius 3 is 2.88 bits per heavy atom. The van der Waals surface area contributed by atoms with Gasteiger partial charge in [-0.1, -0.05) is 18.2 Å². The molecule has 0 atom stereocenters. The number of hydrogen-bond donors (Lipinski definition) is 2. The molecule has 1 aromatic heterocycles. The zero-order valence-corrected chi connectivity index (χ0v) is 10.1. The Morgan fingerprint density at radius 1 is 1.35 bits per heavy atom. The van der Waals surface area contributed by atoms with Crippen LogP contribution >= 0.6 is 0 Å². The first-order valence-electron chi connectivity index (χ1n) is 5.71. The summed E-state index contributed by atoms with van der Waals surface area (Å²) in [7, 11) is 4.05. The minimum atomic E-state index is -0.260. The highest BCUT2D eigenvalue weighted by Gasteiger charge is 2.12. The number of ether oxygens (including phenoxy) is 1. The van der Waals surface area contributed by atoms with Crippen molar-refractivity contribution in [3.8, 4) is 0 Å². The van der Waals surface area contributed by atoms with Crippen molar-refractivity contribution in [1.82, 2.24) is 4.98 Å². The maximum absolute atomic E-state index is 11.8. The monoisotopic (exact) mass is 233 g/mol. The van der Waals surface area contributed by atoms with Gasteiger partial charge >= 0.3 is 5.97 Å². The van der Waals surface area contributed by atoms with Crippen LogP contribution in [0.4, 0.5) is 0 Å². The molecule has 0 unspecified atom stereocenters. The summed E-state index contributed by atoms with van der Waals surface area (Å²) in [5, 5.41) is 0.912. The first-order valence-corrected chi connectivity index (χ1v) is 5.71. The van der Waals surface area contributed by atoms with Gasteiger partial charge in [0.2, 0.25) is 0 Å². The van der Waals surface area contributed by atoms with Gasteiger partial charge in [-0.25, -0.2) is 4.79 Å². The highest BCUT2D eigenvalue weighted by Crippen LogP contribution is 2.18. The molecule has 17 heavy (non-hydrogen) atoms. The summed E-state index contributed by atoms with van der Waals surface area (Å²) >= 11 is 0. The number of aromatic amines is 1. The molecule has 0 aliphatic heterocycles. The van der Waals surface area contributed by atoms with Crippen LogP contribution in [0.1, 0.15) is 10.4 Å². The van der Waals surface area contributed by atoms with Crippen LogP contribution in [0.2, 0.25) is 0 Å². The number of hydrogen-bond acceptors (Lipinski definition) is 2. The van der Waals surface area contributed by atoms with Crippen LogP contribution in [0.5, 0.6) is 0 Å². The van der Waals surface area contributed by atoms with E-state index in [0.717, 1.165) is 17.4 Å². The van der Waals surface area contributed by atoms with Gasteiger partial charge in [0.25, 0.3) is 0 Å². The Morgan fingerprint density at radius 2 is 2.12 bits per heavy atom. The lowest BCUT2D eigenvalue weighted by Gasteiger charge is -2.07. The summed E-state index contributed by atoms with van der Waals surface area (Å²) in [6, 6.07) is 7.70. The molecule has 0 bridgehead atoms. The molecule has 0 aliphatic carbocycles. The van der Waals surface area contributed by atoms with E-state index in [1.807, 2.05) is 38.4 Å². The number of esters is 1. The maximum Gasteiger partial charge on any atom is 0.340 e. The van der Waals surface area contributed by atoms with Crippen molar-refractivity contribution in [1.29, 1.82) is 0 Å². The number of rotatable bonds is 4. The minimum absolute atomic E-state index is 0.260. The molecule has 1 heterocycles. The number of benzene rings is 1. The van der Waals surface area contributed by atoms with Crippen molar-refractivity contribution < 1.29 is 14.4 Å². The number of likely N-dealkylation sites (N-methyl/N-ethyl adjacent to an activating group) is 1. The molecule has 2 aromatic rings. The molecule has 2 N–H and O–H groups in total. The second kappa shape index (κ2) is 5.01. The Labute approximate surface area is 100 Å². The van der Waals surface area contributed by atoms with Crippen LogP contribution in [0.15, 0.2) is 30.5 Å². The summed E-state index contributed by atoms with van der Waals surface area (Å²) in [5.74, 6) is -0.260. The third-order valence-electron chi connectivity index (χ3n) is 2.64. The zero-order valence-electron chi connectivity index (χ0n) is 10.1. The topological polar surface area (TPSA) is 46.5 Å². The van der Waals surface area contributed by atoms with Crippen LogP contribution in [0.25, 0.3) is 10.9 Å². The Hall–Kier alpha value is -1.81. The number of fused-ring (bicyclic) bond motifs is 1. The second-order valence-corrected chi connectivity index (χ2v) is 4.34. The van der Waals surface area contributed by atoms with Gasteiger partial charge in [-0.3, -0.25) is 0 Å². The van der Waals surface area contributed by atoms with Crippen molar-refractivity contribution in [2.45, 2.75) is 0 Å². The smallest absolute Gasteiger partial charge is 0.340 e. The van der Waals surface area contributed by atoms with E-state index in [1.54, 1.807) is 6.20 Å². The summed E-state index contributed by atoms with van der Waals surface area (Å²) < 4.78 is 5.23. The number of nitrogens with one attached hydrogen (secondary N) is 2. The third-order valence-corrected chi connectivity index (χ3v) is 2.64. The predicted octanol–water partition coefficient (Wildman–Crippen LogP) is 0.469. The van der Waals surface area contributed by atoms with E-state index in [-0.39, 0.29) is 5.97 Å². The second-order valence-electron chi connectivity index (χ2n) is 4.34. The highest BCUT2D eigenvalue weighted by molar-refractivity contribution is 6.03. The summed E-state index contributed by atoms with van der Waals surface area (Å²) in [5.41, 5.74) is 1.56. The van der Waals surface area contributed by atoms with Crippen molar-refractivity contribution in [2.75, 3.05) is 27.2 Å². The Balaban J connectivity index is 2.09. The fourth-order valence-electron chi connectivity index (χ4n) is 1.67. The van der Waals surface area contributed by atoms with Gasteiger partial charge in [0, 0.05) is 17.1 Å². The van der Waals surface area contributed by atoms with Gasteiger partial charge in [0.1, 0.15) is 13.2 Å². The fraction of sp³-hybridized carbons (Fsp3) is 0.308. The van der Waals surface area contributed by atoms with E-state index in [0.29, 0.717) is 12.2 Å². The predicted molar refractivity (Wildman–Crippen MR) is 66.3 cm³/mol. The first-order chi connectivity index (χ1) is 8.18. The van der Waals surface area contributed by atoms with Crippen molar-refractivity contribution >= 4 is 16.9 Å². The molecule has 1 aromatic carbocycles. The summed E-state index contributed by atoms with van der Waals surface area (Å²) in [6.07, 6.45) is 1.70. The van der Waals surface area contributed by atoms with Gasteiger partial charge in [-0.05, 0) is 6.07 Å². The molecule has 4 nitrogen and oxygen atoms in total. The summed E-state index contributed by atoms with van der Waals surface area (Å²) in [4.78, 5) is 16.2. The average Bonchev–Trinajstić information content (AvgIpc) is 2.72. The van der Waals surface area contributed by atoms with E-state index in [9.17, 15) is 4.79 Å². The minimum Gasteiger partial charge on any atom is -0.456 e. The van der Waals surface area contributed by atoms with E-state index in [1.165, 1.54) is 4.90 Å². The van der Waals surface area contributed by atoms with Gasteiger partial charge < -0.3 is 14.6 Å². The molecular weight excluding hydrogens is 216 g/mol. The molecule has 0 fully saturated rings. The number of aromatic nitrogens is 1. The molecule has 90 valence electrons. The standard InChI is InChI=1S/C13H16N2O2/c1-15(2)7-8-17-13(16)11-9-14-12-6-4-3-5-10(11)12/h3-6,9,14H,7-8H2,1-2H3/p+1. The van der Waals surface area contributed by atoms with Crippen molar-refractivity contribution in [3.63, 3.8) is 0 Å². The van der Waals surface area contributed by atoms with Crippen LogP contribution in [0.3, 0.4) is 0 Å². The van der Waals surface area contributed by atoms with E-state index >= 15 is 0 Å². The molecule has 0 saturated carbocycles. The molecular formula is C13H17N2O2+. The van der Waals surface area contributed by atoms with Crippen LogP contribution < -0.4 is 4.90 Å². The van der Waals surface area contributed by atoms with Crippen LogP contribution in [0, 0.1) is 0 Å². The molecule has 0 amide bonds. The molecule has 2 rings (SSSR count). The quantitative estimate of drug-likeness (QED) is 0.754. The van der Waals surface area contributed by atoms with Gasteiger partial charge in [-0.2, -0.15) is 0 Å². The molecule has 0 spiro atoms. The van der Waals surface area contributed by atoms with Gasteiger partial charge in [-0.15, -0.1) is 0 Å². The lowest BCUT2D eigenvalue weighted by atomic mass is 10.2.